The minimum atomic E-state index is -1.76. The molecule has 0 aromatic heterocycles. The summed E-state index contributed by atoms with van der Waals surface area (Å²) in [7, 11) is 8.24. The Labute approximate surface area is 199 Å². The van der Waals surface area contributed by atoms with Gasteiger partial charge < -0.3 is 49.4 Å². The van der Waals surface area contributed by atoms with Crippen LogP contribution in [-0.4, -0.2) is 133 Å². The van der Waals surface area contributed by atoms with Crippen molar-refractivity contribution in [2.75, 3.05) is 48.6 Å². The Kier molecular flexibility index (Phi) is 5.02. The average molecular weight is 486 g/mol. The van der Waals surface area contributed by atoms with Gasteiger partial charge in [-0.25, -0.2) is 0 Å². The van der Waals surface area contributed by atoms with E-state index in [2.05, 4.69) is 4.90 Å². The number of rotatable bonds is 5. The molecule has 1 aliphatic heterocycles. The van der Waals surface area contributed by atoms with Crippen molar-refractivity contribution in [3.63, 3.8) is 0 Å². The van der Waals surface area contributed by atoms with Crippen molar-refractivity contribution in [2.45, 2.75) is 66.7 Å². The summed E-state index contributed by atoms with van der Waals surface area (Å²) < 4.78 is 23.6. The molecule has 0 radical (unpaired) electrons. The van der Waals surface area contributed by atoms with E-state index in [0.717, 1.165) is 0 Å². The lowest BCUT2D eigenvalue weighted by atomic mass is 9.42. The van der Waals surface area contributed by atoms with Crippen LogP contribution in [0.4, 0.5) is 0 Å². The van der Waals surface area contributed by atoms with Crippen molar-refractivity contribution in [3.8, 4) is 0 Å². The topological polar surface area (TPSA) is 141 Å². The van der Waals surface area contributed by atoms with Gasteiger partial charge in [-0.15, -0.1) is 0 Å². The monoisotopic (exact) mass is 485 g/mol. The molecule has 5 N–H and O–H groups in total. The molecule has 6 fully saturated rings. The molecule has 0 amide bonds. The van der Waals surface area contributed by atoms with E-state index in [1.165, 1.54) is 7.11 Å². The van der Waals surface area contributed by atoms with Crippen LogP contribution in [-0.2, 0) is 18.9 Å². The fourth-order valence-corrected chi connectivity index (χ4v) is 10.9. The van der Waals surface area contributed by atoms with Gasteiger partial charge in [-0.2, -0.15) is 0 Å². The highest BCUT2D eigenvalue weighted by molar-refractivity contribution is 5.39. The Morgan fingerprint density at radius 1 is 0.941 bits per heavy atom. The second kappa shape index (κ2) is 7.12. The number of aliphatic hydroxyl groups is 5. The number of ether oxygens (including phenoxy) is 4. The van der Waals surface area contributed by atoms with Gasteiger partial charge in [0.15, 0.2) is 0 Å². The van der Waals surface area contributed by atoms with Crippen LogP contribution in [0, 0.1) is 34.5 Å². The zero-order valence-electron chi connectivity index (χ0n) is 20.5. The Balaban J connectivity index is 1.67. The third kappa shape index (κ3) is 2.14. The molecule has 1 spiro atoms. The predicted octanol–water partition coefficient (Wildman–Crippen LogP) is -2.18. The van der Waals surface area contributed by atoms with Gasteiger partial charge in [0.05, 0.1) is 31.0 Å². The van der Waals surface area contributed by atoms with Crippen LogP contribution < -0.4 is 0 Å². The summed E-state index contributed by atoms with van der Waals surface area (Å²) in [5, 5.41) is 58.9. The van der Waals surface area contributed by atoms with Gasteiger partial charge in [-0.3, -0.25) is 0 Å². The number of nitrogens with zero attached hydrogens (tertiary/aromatic N) is 1. The number of aliphatic hydroxyl groups excluding tert-OH is 3. The molecule has 10 nitrogen and oxygen atoms in total. The highest BCUT2D eigenvalue weighted by Crippen LogP contribution is 2.79. The normalized spacial score (nSPS) is 63.9. The molecule has 1 saturated heterocycles. The summed E-state index contributed by atoms with van der Waals surface area (Å²) in [5.74, 6) is -2.05. The molecule has 0 aromatic rings. The zero-order valence-corrected chi connectivity index (χ0v) is 20.5. The molecule has 6 aliphatic rings. The minimum absolute atomic E-state index is 0.153. The molecule has 0 aromatic carbocycles. The van der Waals surface area contributed by atoms with Gasteiger partial charge in [0.25, 0.3) is 0 Å². The number of hydrogen-bond acceptors (Lipinski definition) is 10. The third-order valence-corrected chi connectivity index (χ3v) is 11.4. The van der Waals surface area contributed by atoms with Gasteiger partial charge in [0.1, 0.15) is 23.4 Å². The zero-order chi connectivity index (χ0) is 24.6. The van der Waals surface area contributed by atoms with Crippen molar-refractivity contribution in [1.29, 1.82) is 0 Å². The number of hydrogen-bond donors (Lipinski definition) is 5. The number of piperidine rings is 1. The van der Waals surface area contributed by atoms with Crippen LogP contribution in [0.1, 0.15) is 12.8 Å². The number of fused-ring (bicyclic) bond motifs is 2. The molecule has 194 valence electrons. The highest BCUT2D eigenvalue weighted by atomic mass is 16.5. The summed E-state index contributed by atoms with van der Waals surface area (Å²) in [6.45, 7) is 0.836. The van der Waals surface area contributed by atoms with E-state index < -0.39 is 76.4 Å². The van der Waals surface area contributed by atoms with Crippen LogP contribution >= 0.6 is 0 Å². The molecule has 34 heavy (non-hydrogen) atoms. The first-order chi connectivity index (χ1) is 16.1. The molecule has 15 atom stereocenters. The van der Waals surface area contributed by atoms with Gasteiger partial charge in [-0.1, -0.05) is 0 Å². The maximum absolute atomic E-state index is 12.5. The first kappa shape index (κ1) is 24.0. The molecule has 6 rings (SSSR count). The quantitative estimate of drug-likeness (QED) is 0.292. The predicted molar refractivity (Wildman–Crippen MR) is 117 cm³/mol. The second-order valence-electron chi connectivity index (χ2n) is 12.0. The van der Waals surface area contributed by atoms with E-state index >= 15 is 0 Å². The van der Waals surface area contributed by atoms with Crippen molar-refractivity contribution >= 4 is 0 Å². The lowest BCUT2D eigenvalue weighted by molar-refractivity contribution is -0.319. The molecule has 1 heterocycles. The Hall–Kier alpha value is -0.400. The maximum Gasteiger partial charge on any atom is 0.120 e. The molecular formula is C24H39NO9. The lowest BCUT2D eigenvalue weighted by Gasteiger charge is -2.69. The summed E-state index contributed by atoms with van der Waals surface area (Å²) >= 11 is 0. The lowest BCUT2D eigenvalue weighted by Crippen LogP contribution is -2.80. The van der Waals surface area contributed by atoms with Crippen molar-refractivity contribution < 1.29 is 44.5 Å². The molecule has 10 heteroatoms. The molecule has 7 bridgehead atoms. The van der Waals surface area contributed by atoms with Crippen molar-refractivity contribution in [3.05, 3.63) is 0 Å². The minimum Gasteiger partial charge on any atom is -0.392 e. The summed E-state index contributed by atoms with van der Waals surface area (Å²) in [5.41, 5.74) is -4.81. The Morgan fingerprint density at radius 2 is 1.65 bits per heavy atom. The van der Waals surface area contributed by atoms with Crippen LogP contribution in [0.3, 0.4) is 0 Å². The molecule has 0 unspecified atom stereocenters. The van der Waals surface area contributed by atoms with Gasteiger partial charge in [0.2, 0.25) is 0 Å². The fourth-order valence-electron chi connectivity index (χ4n) is 10.9. The van der Waals surface area contributed by atoms with E-state index in [-0.39, 0.29) is 18.4 Å². The first-order valence-electron chi connectivity index (χ1n) is 12.3. The van der Waals surface area contributed by atoms with Crippen LogP contribution in [0.25, 0.3) is 0 Å². The standard InChI is InChI=1S/C24H39NO9/c1-25-8-21(9-31-2)11(26)6-12(32-3)23-10-7-22(29)18(27)13(10)24(30,19(28)20(22)34-5)14(17(23)25)15(33-4)16(21)23/h10-20,26-30H,6-9H2,1-5H3/t10-,11+,12-,13+,14-,15+,16-,17+,18-,19-,20+,21-,22-,23+,24-/m1/s1. The van der Waals surface area contributed by atoms with Gasteiger partial charge in [-0.05, 0) is 19.4 Å². The SMILES string of the molecule is COC[C@@]12CN(C)[C@H]3[C@H]4[C@H](OC)[C@H]1[C@]3([C@@H]1C[C@@]3(O)[C@H](O)[C@H]1[C@]4(O)[C@H](O)[C@@H]3OC)[C@H](OC)C[C@@H]2O. The Morgan fingerprint density at radius 3 is 2.24 bits per heavy atom. The largest absolute Gasteiger partial charge is 0.392 e. The summed E-state index contributed by atoms with van der Waals surface area (Å²) in [4.78, 5) is 2.17. The van der Waals surface area contributed by atoms with E-state index in [1.807, 2.05) is 7.05 Å². The molecule has 5 saturated carbocycles. The smallest absolute Gasteiger partial charge is 0.120 e. The molecular weight excluding hydrogens is 446 g/mol. The number of likely N-dealkylation sites (tertiary alicyclic amines) is 1. The van der Waals surface area contributed by atoms with Crippen molar-refractivity contribution in [1.82, 2.24) is 4.90 Å². The van der Waals surface area contributed by atoms with E-state index in [4.69, 9.17) is 18.9 Å². The highest BCUT2D eigenvalue weighted by Gasteiger charge is 2.90. The van der Waals surface area contributed by atoms with Gasteiger partial charge in [0, 0.05) is 76.0 Å². The average Bonchev–Trinajstić information content (AvgIpc) is 3.17. The first-order valence-corrected chi connectivity index (χ1v) is 12.3. The summed E-state index contributed by atoms with van der Waals surface area (Å²) in [6.07, 6.45) is -4.96. The van der Waals surface area contributed by atoms with Crippen LogP contribution in [0.15, 0.2) is 0 Å². The van der Waals surface area contributed by atoms with Crippen LogP contribution in [0.5, 0.6) is 0 Å². The van der Waals surface area contributed by atoms with E-state index in [9.17, 15) is 25.5 Å². The van der Waals surface area contributed by atoms with Crippen LogP contribution in [0.2, 0.25) is 0 Å². The molecule has 5 aliphatic carbocycles. The van der Waals surface area contributed by atoms with E-state index in [1.54, 1.807) is 21.3 Å². The fraction of sp³-hybridized carbons (Fsp3) is 1.00. The van der Waals surface area contributed by atoms with Crippen molar-refractivity contribution in [2.24, 2.45) is 34.5 Å². The maximum atomic E-state index is 12.5. The number of methoxy groups -OCH3 is 4. The van der Waals surface area contributed by atoms with Gasteiger partial charge >= 0.3 is 0 Å². The van der Waals surface area contributed by atoms with E-state index in [0.29, 0.717) is 19.6 Å². The third-order valence-electron chi connectivity index (χ3n) is 11.4. The Bertz CT molecular complexity index is 862. The summed E-state index contributed by atoms with van der Waals surface area (Å²) in [6, 6.07) is -0.254. The second-order valence-corrected chi connectivity index (χ2v) is 12.0.